The van der Waals surface area contributed by atoms with Crippen molar-refractivity contribution in [1.82, 2.24) is 15.2 Å². The van der Waals surface area contributed by atoms with Crippen LogP contribution in [0.4, 0.5) is 5.82 Å². The highest BCUT2D eigenvalue weighted by Crippen LogP contribution is 2.80. The molecule has 4 fully saturated rings. The van der Waals surface area contributed by atoms with Gasteiger partial charge in [0.15, 0.2) is 5.03 Å². The van der Waals surface area contributed by atoms with Gasteiger partial charge in [0.25, 0.3) is 0 Å². The first-order valence-electron chi connectivity index (χ1n) is 12.8. The summed E-state index contributed by atoms with van der Waals surface area (Å²) in [5, 5.41) is 3.45. The summed E-state index contributed by atoms with van der Waals surface area (Å²) in [6, 6.07) is 4.74. The average Bonchev–Trinajstić information content (AvgIpc) is 3.35. The lowest BCUT2D eigenvalue weighted by Crippen LogP contribution is -2.81. The van der Waals surface area contributed by atoms with Crippen molar-refractivity contribution in [2.24, 2.45) is 28.4 Å². The first kappa shape index (κ1) is 25.3. The maximum absolute atomic E-state index is 15.2. The minimum Gasteiger partial charge on any atom is -0.384 e. The molecular weight excluding hydrogens is 474 g/mol. The van der Waals surface area contributed by atoms with Crippen molar-refractivity contribution in [3.8, 4) is 0 Å². The summed E-state index contributed by atoms with van der Waals surface area (Å²) in [5.74, 6) is -0.00324. The molecule has 5 N–H and O–H groups in total. The number of hydrogen-bond donors (Lipinski definition) is 3. The van der Waals surface area contributed by atoms with Crippen molar-refractivity contribution in [1.29, 1.82) is 0 Å². The molecule has 0 aromatic carbocycles. The van der Waals surface area contributed by atoms with E-state index in [0.717, 1.165) is 12.8 Å². The Morgan fingerprint density at radius 1 is 1.14 bits per heavy atom. The van der Waals surface area contributed by atoms with E-state index < -0.39 is 37.1 Å². The zero-order chi connectivity index (χ0) is 26.5. The molecule has 1 saturated heterocycles. The van der Waals surface area contributed by atoms with Gasteiger partial charge in [-0.25, -0.2) is 13.4 Å². The maximum atomic E-state index is 15.2. The zero-order valence-electron chi connectivity index (χ0n) is 22.1. The number of amides is 1. The maximum Gasteiger partial charge on any atom is 0.248 e. The van der Waals surface area contributed by atoms with E-state index in [9.17, 15) is 4.79 Å². The van der Waals surface area contributed by atoms with E-state index in [1.165, 1.54) is 6.07 Å². The molecule has 0 radical (unpaired) electrons. The van der Waals surface area contributed by atoms with Crippen LogP contribution < -0.4 is 16.8 Å². The van der Waals surface area contributed by atoms with Gasteiger partial charge in [0, 0.05) is 12.1 Å². The minimum absolute atomic E-state index is 0.0586. The molecule has 1 amide bonds. The topological polar surface area (TPSA) is 131 Å². The fourth-order valence-corrected chi connectivity index (χ4v) is 11.4. The molecule has 5 aliphatic rings. The van der Waals surface area contributed by atoms with Crippen LogP contribution in [0, 0.1) is 22.7 Å². The number of fused-ring (bicyclic) bond motifs is 1. The molecule has 2 bridgehead atoms. The summed E-state index contributed by atoms with van der Waals surface area (Å²) in [4.78, 5) is 19.8. The van der Waals surface area contributed by atoms with Crippen molar-refractivity contribution in [3.05, 3.63) is 42.1 Å². The number of nitrogens with zero attached hydrogens (tertiary/aromatic N) is 2. The third-order valence-electron chi connectivity index (χ3n) is 10.4. The third kappa shape index (κ3) is 2.71. The monoisotopic (exact) mass is 513 g/mol. The first-order chi connectivity index (χ1) is 16.6. The second-order valence-corrected chi connectivity index (χ2v) is 14.9. The molecule has 1 aromatic rings. The highest BCUT2D eigenvalue weighted by Gasteiger charge is 2.86. The summed E-state index contributed by atoms with van der Waals surface area (Å²) < 4.78 is 28.9. The Bertz CT molecular complexity index is 1300. The molecule has 6 rings (SSSR count). The standard InChI is InChI=1S/C27H39N5O3S/c1-17-13-23(2,3)32(16-17)27(19(22(29)33)9-8-12-30-27)26(15-18-14-25(26,6)24(18,4)5)36(34,35)21-11-7-10-20(28)31-21/h7-12,17-18,30H,13-16H2,1-6H3,(H2,28,31)(H2,29,33)/t17-,18?,25?,26?,27?/m0/s1. The molecule has 36 heavy (non-hydrogen) atoms. The number of pyridine rings is 1. The van der Waals surface area contributed by atoms with E-state index >= 15 is 8.42 Å². The Kier molecular flexibility index (Phi) is 5.15. The molecule has 9 heteroatoms. The molecule has 5 atom stereocenters. The van der Waals surface area contributed by atoms with E-state index in [4.69, 9.17) is 11.5 Å². The number of nitrogens with one attached hydrogen (secondary N) is 1. The van der Waals surface area contributed by atoms with Crippen molar-refractivity contribution in [2.75, 3.05) is 12.3 Å². The number of sulfone groups is 1. The van der Waals surface area contributed by atoms with Crippen LogP contribution in [0.1, 0.15) is 60.8 Å². The van der Waals surface area contributed by atoms with Gasteiger partial charge in [0.2, 0.25) is 15.7 Å². The molecule has 3 aliphatic carbocycles. The van der Waals surface area contributed by atoms with Crippen LogP contribution in [0.25, 0.3) is 0 Å². The van der Waals surface area contributed by atoms with Crippen LogP contribution in [0.2, 0.25) is 0 Å². The second-order valence-electron chi connectivity index (χ2n) is 12.8. The fraction of sp³-hybridized carbons (Fsp3) is 0.630. The molecule has 3 saturated carbocycles. The van der Waals surface area contributed by atoms with Gasteiger partial charge < -0.3 is 16.8 Å². The lowest BCUT2D eigenvalue weighted by Gasteiger charge is -2.65. The number of carbonyl (C=O) groups is 1. The summed E-state index contributed by atoms with van der Waals surface area (Å²) in [6.45, 7) is 13.4. The molecule has 2 aliphatic heterocycles. The number of allylic oxidation sites excluding steroid dienone is 2. The molecule has 3 heterocycles. The van der Waals surface area contributed by atoms with Gasteiger partial charge >= 0.3 is 0 Å². The zero-order valence-corrected chi connectivity index (χ0v) is 22.9. The van der Waals surface area contributed by atoms with Gasteiger partial charge in [-0.3, -0.25) is 9.69 Å². The summed E-state index contributed by atoms with van der Waals surface area (Å²) in [5.41, 5.74) is 9.64. The highest BCUT2D eigenvalue weighted by atomic mass is 32.2. The molecular formula is C27H39N5O3S. The lowest BCUT2D eigenvalue weighted by molar-refractivity contribution is -0.121. The molecule has 0 spiro atoms. The Morgan fingerprint density at radius 2 is 1.83 bits per heavy atom. The van der Waals surface area contributed by atoms with E-state index in [0.29, 0.717) is 18.9 Å². The molecule has 8 nitrogen and oxygen atoms in total. The number of carbonyl (C=O) groups excluding carboxylic acids is 1. The summed E-state index contributed by atoms with van der Waals surface area (Å²) in [7, 11) is -4.17. The Balaban J connectivity index is 1.92. The van der Waals surface area contributed by atoms with Crippen molar-refractivity contribution in [3.63, 3.8) is 0 Å². The van der Waals surface area contributed by atoms with Gasteiger partial charge in [-0.05, 0) is 86.3 Å². The van der Waals surface area contributed by atoms with Crippen molar-refractivity contribution >= 4 is 21.6 Å². The van der Waals surface area contributed by atoms with Gasteiger partial charge in [-0.15, -0.1) is 0 Å². The molecule has 4 unspecified atom stereocenters. The van der Waals surface area contributed by atoms with Gasteiger partial charge in [0.1, 0.15) is 16.2 Å². The second kappa shape index (κ2) is 7.34. The fourth-order valence-electron chi connectivity index (χ4n) is 8.55. The summed E-state index contributed by atoms with van der Waals surface area (Å²) >= 11 is 0. The SMILES string of the molecule is C[C@@H]1CN(C2(C3(S(=O)(=O)c4cccc(N)n4)CC4CC3(C)C4(C)C)NC=CC=C2C(N)=O)C(C)(C)C1. The average molecular weight is 514 g/mol. The number of primary amides is 1. The number of rotatable bonds is 5. The van der Waals surface area contributed by atoms with Crippen LogP contribution in [-0.4, -0.2) is 46.7 Å². The summed E-state index contributed by atoms with van der Waals surface area (Å²) in [6.07, 6.45) is 7.20. The highest BCUT2D eigenvalue weighted by molar-refractivity contribution is 7.93. The van der Waals surface area contributed by atoms with E-state index in [1.807, 2.05) is 0 Å². The number of hydrogen-bond acceptors (Lipinski definition) is 7. The predicted octanol–water partition coefficient (Wildman–Crippen LogP) is 2.98. The number of anilines is 1. The largest absolute Gasteiger partial charge is 0.384 e. The normalized spacial score (nSPS) is 38.8. The lowest BCUT2D eigenvalue weighted by atomic mass is 9.48. The minimum atomic E-state index is -4.17. The number of aromatic nitrogens is 1. The van der Waals surface area contributed by atoms with Crippen LogP contribution in [0.5, 0.6) is 0 Å². The predicted molar refractivity (Wildman–Crippen MR) is 140 cm³/mol. The Labute approximate surface area is 214 Å². The Morgan fingerprint density at radius 3 is 2.33 bits per heavy atom. The van der Waals surface area contributed by atoms with Crippen LogP contribution in [0.3, 0.4) is 0 Å². The quantitative estimate of drug-likeness (QED) is 0.551. The number of likely N-dealkylation sites (tertiary alicyclic amines) is 1. The number of nitrogen functional groups attached to an aromatic ring is 1. The van der Waals surface area contributed by atoms with Crippen molar-refractivity contribution < 1.29 is 13.2 Å². The van der Waals surface area contributed by atoms with Gasteiger partial charge in [-0.1, -0.05) is 33.8 Å². The smallest absolute Gasteiger partial charge is 0.248 e. The Hall–Kier alpha value is -2.39. The van der Waals surface area contributed by atoms with E-state index in [1.54, 1.807) is 30.5 Å². The van der Waals surface area contributed by atoms with Crippen molar-refractivity contribution in [2.45, 2.75) is 81.8 Å². The molecule has 196 valence electrons. The van der Waals surface area contributed by atoms with Crippen LogP contribution in [-0.2, 0) is 14.6 Å². The number of dihydropyridines is 1. The first-order valence-corrected chi connectivity index (χ1v) is 14.3. The number of nitrogens with two attached hydrogens (primary N) is 2. The van der Waals surface area contributed by atoms with E-state index in [-0.39, 0.29) is 27.7 Å². The van der Waals surface area contributed by atoms with E-state index in [2.05, 4.69) is 56.7 Å². The van der Waals surface area contributed by atoms with Gasteiger partial charge in [0.05, 0.1) is 5.57 Å². The van der Waals surface area contributed by atoms with Crippen LogP contribution in [0.15, 0.2) is 47.2 Å². The third-order valence-corrected chi connectivity index (χ3v) is 13.0. The van der Waals surface area contributed by atoms with Crippen LogP contribution >= 0.6 is 0 Å². The van der Waals surface area contributed by atoms with Gasteiger partial charge in [-0.2, -0.15) is 0 Å². The molecule has 1 aromatic heterocycles.